The lowest BCUT2D eigenvalue weighted by atomic mass is 9.97. The van der Waals surface area contributed by atoms with Crippen LogP contribution in [0.3, 0.4) is 0 Å². The van der Waals surface area contributed by atoms with E-state index in [-0.39, 0.29) is 11.7 Å². The fraction of sp³-hybridized carbons (Fsp3) is 0.818. The van der Waals surface area contributed by atoms with Gasteiger partial charge in [0.05, 0.1) is 6.61 Å². The first-order valence-electron chi connectivity index (χ1n) is 5.21. The van der Waals surface area contributed by atoms with Crippen molar-refractivity contribution in [2.24, 2.45) is 11.8 Å². The highest BCUT2D eigenvalue weighted by atomic mass is 16.5. The monoisotopic (exact) mass is 200 g/mol. The van der Waals surface area contributed by atoms with Gasteiger partial charge < -0.3 is 4.74 Å². The number of Topliss-reactive ketones (excluding diaryl/α,β-unsaturated/α-hetero) is 1. The van der Waals surface area contributed by atoms with Crippen LogP contribution in [0.4, 0.5) is 0 Å². The summed E-state index contributed by atoms with van der Waals surface area (Å²) in [4.78, 5) is 22.7. The zero-order valence-electron chi connectivity index (χ0n) is 9.50. The zero-order chi connectivity index (χ0) is 11.1. The summed E-state index contributed by atoms with van der Waals surface area (Å²) in [6.45, 7) is 7.63. The van der Waals surface area contributed by atoms with Crippen LogP contribution in [0, 0.1) is 11.8 Å². The lowest BCUT2D eigenvalue weighted by Crippen LogP contribution is -2.27. The SMILES string of the molecule is CCCCOC(=O)C(C)C(=O)C(C)C. The van der Waals surface area contributed by atoms with E-state index in [0.717, 1.165) is 12.8 Å². The van der Waals surface area contributed by atoms with Crippen molar-refractivity contribution >= 4 is 11.8 Å². The molecule has 0 aliphatic heterocycles. The first kappa shape index (κ1) is 13.1. The van der Waals surface area contributed by atoms with Gasteiger partial charge >= 0.3 is 5.97 Å². The Morgan fingerprint density at radius 2 is 1.79 bits per heavy atom. The minimum absolute atomic E-state index is 0.0495. The molecule has 1 atom stereocenters. The Morgan fingerprint density at radius 3 is 2.21 bits per heavy atom. The van der Waals surface area contributed by atoms with E-state index in [1.54, 1.807) is 20.8 Å². The van der Waals surface area contributed by atoms with Crippen LogP contribution in [0.25, 0.3) is 0 Å². The van der Waals surface area contributed by atoms with E-state index in [9.17, 15) is 9.59 Å². The largest absolute Gasteiger partial charge is 0.465 e. The molecular weight excluding hydrogens is 180 g/mol. The van der Waals surface area contributed by atoms with Gasteiger partial charge in [-0.25, -0.2) is 0 Å². The molecule has 82 valence electrons. The van der Waals surface area contributed by atoms with Gasteiger partial charge in [0.2, 0.25) is 0 Å². The molecule has 0 N–H and O–H groups in total. The molecule has 0 spiro atoms. The Morgan fingerprint density at radius 1 is 1.21 bits per heavy atom. The van der Waals surface area contributed by atoms with Crippen molar-refractivity contribution in [3.05, 3.63) is 0 Å². The first-order valence-corrected chi connectivity index (χ1v) is 5.21. The molecule has 14 heavy (non-hydrogen) atoms. The molecule has 0 fully saturated rings. The van der Waals surface area contributed by atoms with Crippen LogP contribution in [0.2, 0.25) is 0 Å². The molecule has 0 aromatic carbocycles. The maximum atomic E-state index is 11.4. The van der Waals surface area contributed by atoms with Gasteiger partial charge in [-0.05, 0) is 13.3 Å². The highest BCUT2D eigenvalue weighted by Gasteiger charge is 2.24. The van der Waals surface area contributed by atoms with Gasteiger partial charge in [0.15, 0.2) is 0 Å². The molecule has 0 aromatic rings. The molecule has 0 saturated heterocycles. The molecule has 0 rings (SSSR count). The lowest BCUT2D eigenvalue weighted by molar-refractivity contribution is -0.152. The van der Waals surface area contributed by atoms with Crippen LogP contribution >= 0.6 is 0 Å². The Labute approximate surface area is 85.8 Å². The minimum Gasteiger partial charge on any atom is -0.465 e. The molecule has 3 heteroatoms. The zero-order valence-corrected chi connectivity index (χ0v) is 9.50. The van der Waals surface area contributed by atoms with Gasteiger partial charge in [-0.2, -0.15) is 0 Å². The smallest absolute Gasteiger partial charge is 0.316 e. The molecular formula is C11H20O3. The third-order valence-corrected chi connectivity index (χ3v) is 2.09. The maximum absolute atomic E-state index is 11.4. The Kier molecular flexibility index (Phi) is 6.17. The normalized spacial score (nSPS) is 12.6. The van der Waals surface area contributed by atoms with Gasteiger partial charge in [0.1, 0.15) is 11.7 Å². The number of carbonyl (C=O) groups excluding carboxylic acids is 2. The van der Waals surface area contributed by atoms with Crippen molar-refractivity contribution in [1.29, 1.82) is 0 Å². The third-order valence-electron chi connectivity index (χ3n) is 2.09. The molecule has 0 aromatic heterocycles. The number of unbranched alkanes of at least 4 members (excludes halogenated alkanes) is 1. The highest BCUT2D eigenvalue weighted by molar-refractivity contribution is 5.99. The summed E-state index contributed by atoms with van der Waals surface area (Å²) in [6, 6.07) is 0. The number of carbonyl (C=O) groups is 2. The van der Waals surface area contributed by atoms with Crippen molar-refractivity contribution in [2.45, 2.75) is 40.5 Å². The number of ketones is 1. The van der Waals surface area contributed by atoms with Crippen LogP contribution in [-0.4, -0.2) is 18.4 Å². The Balaban J connectivity index is 3.93. The molecule has 0 heterocycles. The summed E-state index contributed by atoms with van der Waals surface area (Å²) in [7, 11) is 0. The predicted octanol–water partition coefficient (Wildman–Crippen LogP) is 2.19. The molecule has 0 bridgehead atoms. The van der Waals surface area contributed by atoms with Gasteiger partial charge in [-0.15, -0.1) is 0 Å². The van der Waals surface area contributed by atoms with E-state index < -0.39 is 11.9 Å². The molecule has 0 radical (unpaired) electrons. The summed E-state index contributed by atoms with van der Waals surface area (Å²) in [5, 5.41) is 0. The standard InChI is InChI=1S/C11H20O3/c1-5-6-7-14-11(13)9(4)10(12)8(2)3/h8-9H,5-7H2,1-4H3. The average molecular weight is 200 g/mol. The lowest BCUT2D eigenvalue weighted by Gasteiger charge is -2.12. The van der Waals surface area contributed by atoms with Gasteiger partial charge in [0.25, 0.3) is 0 Å². The van der Waals surface area contributed by atoms with E-state index >= 15 is 0 Å². The van der Waals surface area contributed by atoms with Gasteiger partial charge in [-0.3, -0.25) is 9.59 Å². The van der Waals surface area contributed by atoms with E-state index in [4.69, 9.17) is 4.74 Å². The van der Waals surface area contributed by atoms with E-state index in [1.165, 1.54) is 0 Å². The second kappa shape index (κ2) is 6.57. The summed E-state index contributed by atoms with van der Waals surface area (Å²) in [6.07, 6.45) is 1.84. The van der Waals surface area contributed by atoms with Crippen molar-refractivity contribution in [3.63, 3.8) is 0 Å². The van der Waals surface area contributed by atoms with Crippen molar-refractivity contribution in [2.75, 3.05) is 6.61 Å². The third kappa shape index (κ3) is 4.40. The molecule has 1 unspecified atom stereocenters. The topological polar surface area (TPSA) is 43.4 Å². The summed E-state index contributed by atoms with van der Waals surface area (Å²) in [5.74, 6) is -1.17. The first-order chi connectivity index (χ1) is 6.50. The second-order valence-electron chi connectivity index (χ2n) is 3.80. The second-order valence-corrected chi connectivity index (χ2v) is 3.80. The number of esters is 1. The van der Waals surface area contributed by atoms with Gasteiger partial charge in [0, 0.05) is 5.92 Å². The number of ether oxygens (including phenoxy) is 1. The number of hydrogen-bond acceptors (Lipinski definition) is 3. The molecule has 0 amide bonds. The van der Waals surface area contributed by atoms with Crippen molar-refractivity contribution < 1.29 is 14.3 Å². The highest BCUT2D eigenvalue weighted by Crippen LogP contribution is 2.08. The fourth-order valence-electron chi connectivity index (χ4n) is 1.06. The van der Waals surface area contributed by atoms with E-state index in [2.05, 4.69) is 0 Å². The van der Waals surface area contributed by atoms with E-state index in [0.29, 0.717) is 6.61 Å². The summed E-state index contributed by atoms with van der Waals surface area (Å²) in [5.41, 5.74) is 0. The van der Waals surface area contributed by atoms with Crippen LogP contribution in [-0.2, 0) is 14.3 Å². The van der Waals surface area contributed by atoms with Crippen LogP contribution in [0.15, 0.2) is 0 Å². The van der Waals surface area contributed by atoms with Crippen LogP contribution < -0.4 is 0 Å². The molecule has 0 saturated carbocycles. The predicted molar refractivity (Wildman–Crippen MR) is 54.9 cm³/mol. The minimum atomic E-state index is -0.619. The Bertz CT molecular complexity index is 197. The van der Waals surface area contributed by atoms with Crippen LogP contribution in [0.5, 0.6) is 0 Å². The average Bonchev–Trinajstić information content (AvgIpc) is 2.15. The van der Waals surface area contributed by atoms with E-state index in [1.807, 2.05) is 6.92 Å². The number of hydrogen-bond donors (Lipinski definition) is 0. The van der Waals surface area contributed by atoms with Gasteiger partial charge in [-0.1, -0.05) is 27.2 Å². The van der Waals surface area contributed by atoms with Crippen molar-refractivity contribution in [1.82, 2.24) is 0 Å². The van der Waals surface area contributed by atoms with Crippen molar-refractivity contribution in [3.8, 4) is 0 Å². The molecule has 0 aliphatic carbocycles. The summed E-state index contributed by atoms with van der Waals surface area (Å²) < 4.78 is 4.96. The summed E-state index contributed by atoms with van der Waals surface area (Å²) >= 11 is 0. The molecule has 3 nitrogen and oxygen atoms in total. The molecule has 0 aliphatic rings. The number of rotatable bonds is 6. The quantitative estimate of drug-likeness (QED) is 0.375. The Hall–Kier alpha value is -0.860. The maximum Gasteiger partial charge on any atom is 0.316 e. The van der Waals surface area contributed by atoms with Crippen LogP contribution in [0.1, 0.15) is 40.5 Å². The fourth-order valence-corrected chi connectivity index (χ4v) is 1.06.